The minimum absolute atomic E-state index is 0.0828. The Labute approximate surface area is 139 Å². The highest BCUT2D eigenvalue weighted by atomic mass is 16.2. The van der Waals surface area contributed by atoms with Crippen molar-refractivity contribution in [2.24, 2.45) is 11.8 Å². The third-order valence-corrected chi connectivity index (χ3v) is 5.54. The van der Waals surface area contributed by atoms with Crippen LogP contribution in [0.5, 0.6) is 0 Å². The van der Waals surface area contributed by atoms with Crippen LogP contribution in [-0.2, 0) is 4.79 Å². The topological polar surface area (TPSA) is 64.7 Å². The van der Waals surface area contributed by atoms with Crippen molar-refractivity contribution >= 4 is 11.9 Å². The molecule has 0 radical (unpaired) electrons. The van der Waals surface area contributed by atoms with Crippen molar-refractivity contribution in [3.05, 3.63) is 0 Å². The molecule has 1 aliphatic heterocycles. The third-order valence-electron chi connectivity index (χ3n) is 5.54. The Hall–Kier alpha value is -1.30. The van der Waals surface area contributed by atoms with E-state index in [9.17, 15) is 9.59 Å². The first-order chi connectivity index (χ1) is 11.2. The van der Waals surface area contributed by atoms with Crippen molar-refractivity contribution in [2.75, 3.05) is 39.8 Å². The molecular weight excluding hydrogens is 292 g/mol. The van der Waals surface area contributed by atoms with Crippen LogP contribution < -0.4 is 10.6 Å². The smallest absolute Gasteiger partial charge is 0.317 e. The van der Waals surface area contributed by atoms with Gasteiger partial charge in [0.2, 0.25) is 5.91 Å². The van der Waals surface area contributed by atoms with Gasteiger partial charge in [-0.05, 0) is 44.4 Å². The maximum Gasteiger partial charge on any atom is 0.317 e. The first-order valence-electron chi connectivity index (χ1n) is 9.15. The van der Waals surface area contributed by atoms with E-state index in [4.69, 9.17) is 0 Å². The van der Waals surface area contributed by atoms with Crippen LogP contribution in [0.2, 0.25) is 0 Å². The molecule has 3 fully saturated rings. The Morgan fingerprint density at radius 2 is 1.61 bits per heavy atom. The largest absolute Gasteiger partial charge is 0.359 e. The normalized spacial score (nSPS) is 29.2. The second kappa shape index (κ2) is 7.51. The molecule has 0 aromatic carbocycles. The van der Waals surface area contributed by atoms with E-state index < -0.39 is 0 Å². The van der Waals surface area contributed by atoms with Gasteiger partial charge in [0.05, 0.1) is 0 Å². The fourth-order valence-corrected chi connectivity index (χ4v) is 3.77. The molecule has 6 heteroatoms. The lowest BCUT2D eigenvalue weighted by Crippen LogP contribution is -2.54. The Kier molecular flexibility index (Phi) is 5.41. The molecule has 2 saturated carbocycles. The molecule has 23 heavy (non-hydrogen) atoms. The van der Waals surface area contributed by atoms with Gasteiger partial charge in [-0.2, -0.15) is 0 Å². The molecule has 2 aliphatic carbocycles. The Balaban J connectivity index is 1.36. The summed E-state index contributed by atoms with van der Waals surface area (Å²) in [5.74, 6) is 1.19. The maximum absolute atomic E-state index is 12.4. The van der Waals surface area contributed by atoms with Gasteiger partial charge in [0.25, 0.3) is 0 Å². The van der Waals surface area contributed by atoms with Crippen molar-refractivity contribution in [3.63, 3.8) is 0 Å². The zero-order valence-corrected chi connectivity index (χ0v) is 14.2. The molecule has 1 saturated heterocycles. The van der Waals surface area contributed by atoms with Crippen LogP contribution in [0, 0.1) is 11.8 Å². The first-order valence-corrected chi connectivity index (χ1v) is 9.15. The summed E-state index contributed by atoms with van der Waals surface area (Å²) < 4.78 is 0. The summed E-state index contributed by atoms with van der Waals surface area (Å²) in [4.78, 5) is 28.5. The number of amides is 3. The molecule has 0 spiro atoms. The quantitative estimate of drug-likeness (QED) is 0.812. The third kappa shape index (κ3) is 4.59. The molecule has 3 aliphatic rings. The fourth-order valence-electron chi connectivity index (χ4n) is 3.77. The Bertz CT molecular complexity index is 422. The summed E-state index contributed by atoms with van der Waals surface area (Å²) in [6, 6.07) is 0.312. The highest BCUT2D eigenvalue weighted by molar-refractivity contribution is 5.78. The molecule has 0 aromatic rings. The second-order valence-corrected chi connectivity index (χ2v) is 7.34. The summed E-state index contributed by atoms with van der Waals surface area (Å²) in [6.07, 6.45) is 6.34. The van der Waals surface area contributed by atoms with E-state index >= 15 is 0 Å². The van der Waals surface area contributed by atoms with Crippen molar-refractivity contribution in [2.45, 2.75) is 44.6 Å². The number of nitrogens with one attached hydrogen (secondary N) is 2. The van der Waals surface area contributed by atoms with Crippen LogP contribution in [-0.4, -0.2) is 67.6 Å². The summed E-state index contributed by atoms with van der Waals surface area (Å²) in [5, 5.41) is 5.90. The summed E-state index contributed by atoms with van der Waals surface area (Å²) >= 11 is 0. The van der Waals surface area contributed by atoms with Crippen LogP contribution >= 0.6 is 0 Å². The molecular formula is C17H30N4O2. The molecule has 130 valence electrons. The monoisotopic (exact) mass is 322 g/mol. The van der Waals surface area contributed by atoms with E-state index in [1.807, 2.05) is 4.90 Å². The van der Waals surface area contributed by atoms with Crippen molar-refractivity contribution < 1.29 is 9.59 Å². The molecule has 0 unspecified atom stereocenters. The van der Waals surface area contributed by atoms with Crippen LogP contribution in [0.1, 0.15) is 38.5 Å². The van der Waals surface area contributed by atoms with Gasteiger partial charge in [-0.25, -0.2) is 4.79 Å². The minimum atomic E-state index is 0.0828. The van der Waals surface area contributed by atoms with Gasteiger partial charge in [0, 0.05) is 51.7 Å². The Morgan fingerprint density at radius 1 is 0.957 bits per heavy atom. The number of carbonyl (C=O) groups is 2. The minimum Gasteiger partial charge on any atom is -0.359 e. The van der Waals surface area contributed by atoms with E-state index in [-0.39, 0.29) is 23.9 Å². The average Bonchev–Trinajstić information content (AvgIpc) is 3.39. The average molecular weight is 322 g/mol. The Morgan fingerprint density at radius 3 is 2.17 bits per heavy atom. The van der Waals surface area contributed by atoms with Gasteiger partial charge < -0.3 is 15.5 Å². The van der Waals surface area contributed by atoms with Crippen molar-refractivity contribution in [1.29, 1.82) is 0 Å². The summed E-state index contributed by atoms with van der Waals surface area (Å²) in [6.45, 7) is 4.91. The molecule has 0 bridgehead atoms. The number of hydrogen-bond donors (Lipinski definition) is 2. The van der Waals surface area contributed by atoms with E-state index in [0.29, 0.717) is 0 Å². The molecule has 1 heterocycles. The fraction of sp³-hybridized carbons (Fsp3) is 0.882. The van der Waals surface area contributed by atoms with Crippen molar-refractivity contribution in [1.82, 2.24) is 20.4 Å². The van der Waals surface area contributed by atoms with Crippen LogP contribution in [0.25, 0.3) is 0 Å². The molecule has 3 rings (SSSR count). The highest BCUT2D eigenvalue weighted by Crippen LogP contribution is 2.30. The van der Waals surface area contributed by atoms with E-state index in [2.05, 4.69) is 15.5 Å². The lowest BCUT2D eigenvalue weighted by Gasteiger charge is -2.36. The zero-order chi connectivity index (χ0) is 16.2. The number of hydrogen-bond acceptors (Lipinski definition) is 3. The number of rotatable bonds is 4. The van der Waals surface area contributed by atoms with Gasteiger partial charge in [0.1, 0.15) is 0 Å². The molecule has 3 amide bonds. The maximum atomic E-state index is 12.4. The van der Waals surface area contributed by atoms with Crippen molar-refractivity contribution in [3.8, 4) is 0 Å². The summed E-state index contributed by atoms with van der Waals surface area (Å²) in [5.41, 5.74) is 0. The van der Waals surface area contributed by atoms with E-state index in [1.54, 1.807) is 7.05 Å². The summed E-state index contributed by atoms with van der Waals surface area (Å²) in [7, 11) is 1.69. The second-order valence-electron chi connectivity index (χ2n) is 7.34. The SMILES string of the molecule is CNC(=O)C1CCC(NC(=O)N2CCN(CC3CC3)CC2)CC1. The number of carbonyl (C=O) groups excluding carboxylic acids is 2. The zero-order valence-electron chi connectivity index (χ0n) is 14.2. The molecule has 0 aromatic heterocycles. The molecule has 6 nitrogen and oxygen atoms in total. The van der Waals surface area contributed by atoms with Gasteiger partial charge in [-0.3, -0.25) is 9.69 Å². The van der Waals surface area contributed by atoms with E-state index in [0.717, 1.165) is 57.8 Å². The predicted molar refractivity (Wildman–Crippen MR) is 89.1 cm³/mol. The van der Waals surface area contributed by atoms with Gasteiger partial charge in [-0.1, -0.05) is 0 Å². The molecule has 0 atom stereocenters. The molecule has 2 N–H and O–H groups in total. The van der Waals surface area contributed by atoms with E-state index in [1.165, 1.54) is 19.4 Å². The number of piperazine rings is 1. The van der Waals surface area contributed by atoms with Crippen LogP contribution in [0.3, 0.4) is 0 Å². The lowest BCUT2D eigenvalue weighted by molar-refractivity contribution is -0.125. The highest BCUT2D eigenvalue weighted by Gasteiger charge is 2.30. The standard InChI is InChI=1S/C17H30N4O2/c1-18-16(22)14-4-6-15(7-5-14)19-17(23)21-10-8-20(9-11-21)12-13-2-3-13/h13-15H,2-12H2,1H3,(H,18,22)(H,19,23). The van der Waals surface area contributed by atoms with Crippen LogP contribution in [0.4, 0.5) is 4.79 Å². The lowest BCUT2D eigenvalue weighted by atomic mass is 9.85. The van der Waals surface area contributed by atoms with Gasteiger partial charge >= 0.3 is 6.03 Å². The van der Waals surface area contributed by atoms with Crippen LogP contribution in [0.15, 0.2) is 0 Å². The van der Waals surface area contributed by atoms with Gasteiger partial charge in [-0.15, -0.1) is 0 Å². The van der Waals surface area contributed by atoms with Gasteiger partial charge in [0.15, 0.2) is 0 Å². The number of nitrogens with zero attached hydrogens (tertiary/aromatic N) is 2. The number of urea groups is 1. The predicted octanol–water partition coefficient (Wildman–Crippen LogP) is 1.03. The first kappa shape index (κ1) is 16.6.